The lowest BCUT2D eigenvalue weighted by Gasteiger charge is -2.02. The van der Waals surface area contributed by atoms with Crippen molar-refractivity contribution in [3.8, 4) is 0 Å². The van der Waals surface area contributed by atoms with E-state index in [1.54, 1.807) is 6.07 Å². The number of carbonyl (C=O) groups is 1. The lowest BCUT2D eigenvalue weighted by Crippen LogP contribution is -2.24. The predicted octanol–water partition coefficient (Wildman–Crippen LogP) is 1.62. The smallest absolute Gasteiger partial charge is 0.224 e. The van der Waals surface area contributed by atoms with E-state index in [1.807, 2.05) is 6.07 Å². The van der Waals surface area contributed by atoms with Crippen molar-refractivity contribution in [3.63, 3.8) is 0 Å². The van der Waals surface area contributed by atoms with Crippen LogP contribution >= 0.6 is 11.6 Å². The molecular weight excluding hydrogens is 238 g/mol. The third kappa shape index (κ3) is 1.65. The van der Waals surface area contributed by atoms with E-state index >= 15 is 0 Å². The van der Waals surface area contributed by atoms with Gasteiger partial charge in [-0.3, -0.25) is 4.79 Å². The molecule has 4 N–H and O–H groups in total. The normalized spacial score (nSPS) is 15.5. The maximum atomic E-state index is 11.6. The van der Waals surface area contributed by atoms with Crippen LogP contribution < -0.4 is 11.1 Å². The summed E-state index contributed by atoms with van der Waals surface area (Å²) in [6.45, 7) is 0.659. The lowest BCUT2D eigenvalue weighted by atomic mass is 10.1. The SMILES string of the molecule is Nc1cc(Cl)cc2[nH]c3c(c12)CC(=O)NCC3. The third-order valence-corrected chi connectivity index (χ3v) is 3.34. The van der Waals surface area contributed by atoms with Crippen molar-refractivity contribution in [2.24, 2.45) is 0 Å². The van der Waals surface area contributed by atoms with E-state index < -0.39 is 0 Å². The number of nitrogen functional groups attached to an aromatic ring is 1. The molecule has 1 amide bonds. The van der Waals surface area contributed by atoms with Gasteiger partial charge in [0.2, 0.25) is 5.91 Å². The number of hydrogen-bond acceptors (Lipinski definition) is 2. The van der Waals surface area contributed by atoms with Gasteiger partial charge < -0.3 is 16.0 Å². The first-order valence-corrected chi connectivity index (χ1v) is 5.88. The molecule has 1 aromatic carbocycles. The Morgan fingerprint density at radius 3 is 3.00 bits per heavy atom. The van der Waals surface area contributed by atoms with Crippen LogP contribution in [-0.4, -0.2) is 17.4 Å². The molecule has 1 aliphatic rings. The number of fused-ring (bicyclic) bond motifs is 3. The van der Waals surface area contributed by atoms with E-state index in [9.17, 15) is 4.79 Å². The first-order valence-electron chi connectivity index (χ1n) is 5.50. The number of aromatic amines is 1. The molecule has 0 bridgehead atoms. The Morgan fingerprint density at radius 1 is 1.35 bits per heavy atom. The van der Waals surface area contributed by atoms with Gasteiger partial charge in [0.1, 0.15) is 0 Å². The highest BCUT2D eigenvalue weighted by atomic mass is 35.5. The maximum Gasteiger partial charge on any atom is 0.224 e. The van der Waals surface area contributed by atoms with Crippen molar-refractivity contribution < 1.29 is 4.79 Å². The Labute approximate surface area is 103 Å². The van der Waals surface area contributed by atoms with Gasteiger partial charge in [-0.15, -0.1) is 0 Å². The molecule has 3 rings (SSSR count). The number of aromatic nitrogens is 1. The van der Waals surface area contributed by atoms with Crippen molar-refractivity contribution in [1.29, 1.82) is 0 Å². The molecule has 0 fully saturated rings. The van der Waals surface area contributed by atoms with Crippen molar-refractivity contribution in [1.82, 2.24) is 10.3 Å². The molecule has 0 atom stereocenters. The highest BCUT2D eigenvalue weighted by Crippen LogP contribution is 2.32. The number of rotatable bonds is 0. The summed E-state index contributed by atoms with van der Waals surface area (Å²) >= 11 is 5.97. The van der Waals surface area contributed by atoms with Crippen LogP contribution in [0.15, 0.2) is 12.1 Å². The van der Waals surface area contributed by atoms with Gasteiger partial charge in [-0.1, -0.05) is 11.6 Å². The summed E-state index contributed by atoms with van der Waals surface area (Å²) in [7, 11) is 0. The fourth-order valence-corrected chi connectivity index (χ4v) is 2.64. The summed E-state index contributed by atoms with van der Waals surface area (Å²) in [5.41, 5.74) is 9.60. The average Bonchev–Trinajstić information content (AvgIpc) is 2.46. The Hall–Kier alpha value is -1.68. The van der Waals surface area contributed by atoms with Gasteiger partial charge >= 0.3 is 0 Å². The summed E-state index contributed by atoms with van der Waals surface area (Å²) in [6.07, 6.45) is 1.17. The zero-order chi connectivity index (χ0) is 12.0. The van der Waals surface area contributed by atoms with E-state index in [1.165, 1.54) is 0 Å². The highest BCUT2D eigenvalue weighted by Gasteiger charge is 2.19. The minimum Gasteiger partial charge on any atom is -0.398 e. The summed E-state index contributed by atoms with van der Waals surface area (Å²) < 4.78 is 0. The van der Waals surface area contributed by atoms with Crippen LogP contribution in [0.25, 0.3) is 10.9 Å². The molecule has 2 heterocycles. The molecule has 0 radical (unpaired) electrons. The molecular formula is C12H12ClN3O. The van der Waals surface area contributed by atoms with Crippen molar-refractivity contribution in [3.05, 3.63) is 28.4 Å². The van der Waals surface area contributed by atoms with Crippen LogP contribution in [0.5, 0.6) is 0 Å². The predicted molar refractivity (Wildman–Crippen MR) is 68.1 cm³/mol. The summed E-state index contributed by atoms with van der Waals surface area (Å²) in [6, 6.07) is 3.57. The number of amides is 1. The van der Waals surface area contributed by atoms with E-state index in [2.05, 4.69) is 10.3 Å². The Kier molecular flexibility index (Phi) is 2.26. The molecule has 5 heteroatoms. The largest absolute Gasteiger partial charge is 0.398 e. The van der Waals surface area contributed by atoms with Crippen molar-refractivity contribution in [2.75, 3.05) is 12.3 Å². The van der Waals surface area contributed by atoms with Crippen LogP contribution in [-0.2, 0) is 17.6 Å². The minimum atomic E-state index is 0.0407. The second-order valence-electron chi connectivity index (χ2n) is 4.28. The summed E-state index contributed by atoms with van der Waals surface area (Å²) in [5, 5.41) is 4.39. The zero-order valence-electron chi connectivity index (χ0n) is 9.14. The van der Waals surface area contributed by atoms with Gasteiger partial charge in [-0.2, -0.15) is 0 Å². The molecule has 0 spiro atoms. The average molecular weight is 250 g/mol. The number of nitrogens with one attached hydrogen (secondary N) is 2. The number of nitrogens with two attached hydrogens (primary N) is 1. The third-order valence-electron chi connectivity index (χ3n) is 3.12. The number of anilines is 1. The van der Waals surface area contributed by atoms with Crippen LogP contribution in [0.2, 0.25) is 5.02 Å². The van der Waals surface area contributed by atoms with E-state index in [0.717, 1.165) is 28.6 Å². The molecule has 1 aliphatic heterocycles. The molecule has 1 aromatic heterocycles. The van der Waals surface area contributed by atoms with Crippen LogP contribution in [0.1, 0.15) is 11.3 Å². The second-order valence-corrected chi connectivity index (χ2v) is 4.71. The molecule has 0 saturated carbocycles. The first kappa shape index (κ1) is 10.5. The monoisotopic (exact) mass is 249 g/mol. The topological polar surface area (TPSA) is 70.9 Å². The second kappa shape index (κ2) is 3.67. The molecule has 0 unspecified atom stereocenters. The van der Waals surface area contributed by atoms with Crippen LogP contribution in [0, 0.1) is 0 Å². The Balaban J connectivity index is 2.30. The van der Waals surface area contributed by atoms with E-state index in [0.29, 0.717) is 23.7 Å². The number of H-pyrrole nitrogens is 1. The number of halogens is 1. The molecule has 2 aromatic rings. The fraction of sp³-hybridized carbons (Fsp3) is 0.250. The standard InChI is InChI=1S/C12H12ClN3O/c13-6-3-8(14)12-7-5-11(17)15-2-1-9(7)16-10(12)4-6/h3-4,16H,1-2,5,14H2,(H,15,17). The Morgan fingerprint density at radius 2 is 2.18 bits per heavy atom. The van der Waals surface area contributed by atoms with E-state index in [4.69, 9.17) is 17.3 Å². The summed E-state index contributed by atoms with van der Waals surface area (Å²) in [5.74, 6) is 0.0407. The van der Waals surface area contributed by atoms with Crippen LogP contribution in [0.4, 0.5) is 5.69 Å². The van der Waals surface area contributed by atoms with Crippen LogP contribution in [0.3, 0.4) is 0 Å². The van der Waals surface area contributed by atoms with Gasteiger partial charge in [-0.25, -0.2) is 0 Å². The van der Waals surface area contributed by atoms with Crippen molar-refractivity contribution >= 4 is 34.1 Å². The van der Waals surface area contributed by atoms with Gasteiger partial charge in [0.15, 0.2) is 0 Å². The maximum absolute atomic E-state index is 11.6. The van der Waals surface area contributed by atoms with Crippen molar-refractivity contribution in [2.45, 2.75) is 12.8 Å². The van der Waals surface area contributed by atoms with Gasteiger partial charge in [-0.05, 0) is 17.7 Å². The minimum absolute atomic E-state index is 0.0407. The quantitative estimate of drug-likeness (QED) is 0.621. The van der Waals surface area contributed by atoms with Gasteiger partial charge in [0.25, 0.3) is 0 Å². The first-order chi connectivity index (χ1) is 8.15. The zero-order valence-corrected chi connectivity index (χ0v) is 9.90. The lowest BCUT2D eigenvalue weighted by molar-refractivity contribution is -0.120. The van der Waals surface area contributed by atoms with E-state index in [-0.39, 0.29) is 5.91 Å². The number of carbonyl (C=O) groups excluding carboxylic acids is 1. The molecule has 0 aliphatic carbocycles. The number of hydrogen-bond donors (Lipinski definition) is 3. The molecule has 17 heavy (non-hydrogen) atoms. The molecule has 88 valence electrons. The molecule has 0 saturated heterocycles. The summed E-state index contributed by atoms with van der Waals surface area (Å²) in [4.78, 5) is 14.9. The van der Waals surface area contributed by atoms with Gasteiger partial charge in [0.05, 0.1) is 6.42 Å². The Bertz CT molecular complexity index is 618. The fourth-order valence-electron chi connectivity index (χ4n) is 2.41. The highest BCUT2D eigenvalue weighted by molar-refractivity contribution is 6.32. The van der Waals surface area contributed by atoms with Gasteiger partial charge in [0, 0.05) is 40.3 Å². The number of benzene rings is 1. The molecule has 4 nitrogen and oxygen atoms in total.